The Labute approximate surface area is 188 Å². The summed E-state index contributed by atoms with van der Waals surface area (Å²) < 4.78 is 0. The lowest BCUT2D eigenvalue weighted by molar-refractivity contribution is 0.109. The Balaban J connectivity index is 1.59. The van der Waals surface area contributed by atoms with E-state index in [-0.39, 0.29) is 18.1 Å². The number of urea groups is 1. The lowest BCUT2D eigenvalue weighted by atomic mass is 9.89. The van der Waals surface area contributed by atoms with Crippen molar-refractivity contribution in [2.75, 3.05) is 13.1 Å². The predicted octanol–water partition coefficient (Wildman–Crippen LogP) is 7.29. The van der Waals surface area contributed by atoms with Crippen molar-refractivity contribution < 1.29 is 4.79 Å². The van der Waals surface area contributed by atoms with E-state index in [2.05, 4.69) is 71.3 Å². The van der Waals surface area contributed by atoms with Crippen LogP contribution < -0.4 is 0 Å². The van der Waals surface area contributed by atoms with Gasteiger partial charge in [0.15, 0.2) is 0 Å². The molecule has 0 N–H and O–H groups in total. The number of fused-ring (bicyclic) bond motifs is 1. The molecule has 2 unspecified atom stereocenters. The normalized spacial score (nSPS) is 21.5. The Morgan fingerprint density at radius 3 is 2.52 bits per heavy atom. The van der Waals surface area contributed by atoms with Gasteiger partial charge in [-0.25, -0.2) is 4.79 Å². The van der Waals surface area contributed by atoms with Crippen molar-refractivity contribution in [2.45, 2.75) is 83.2 Å². The van der Waals surface area contributed by atoms with E-state index in [9.17, 15) is 4.79 Å². The zero-order chi connectivity index (χ0) is 21.5. The largest absolute Gasteiger partial charge is 0.321 e. The highest BCUT2D eigenvalue weighted by molar-refractivity contribution is 5.76. The fraction of sp³-hybridized carbons (Fsp3) is 0.536. The van der Waals surface area contributed by atoms with Gasteiger partial charge in [-0.1, -0.05) is 100 Å². The number of benzene rings is 2. The molecule has 2 atom stereocenters. The van der Waals surface area contributed by atoms with Crippen LogP contribution in [0.5, 0.6) is 0 Å². The van der Waals surface area contributed by atoms with Gasteiger partial charge in [-0.15, -0.1) is 0 Å². The molecule has 2 heterocycles. The molecule has 0 bridgehead atoms. The second kappa shape index (κ2) is 10.8. The molecule has 0 aromatic heterocycles. The number of rotatable bonds is 6. The lowest BCUT2D eigenvalue weighted by Crippen LogP contribution is -2.48. The van der Waals surface area contributed by atoms with Crippen LogP contribution in [0.15, 0.2) is 54.6 Å². The molecule has 166 valence electrons. The van der Waals surface area contributed by atoms with Crippen molar-refractivity contribution in [1.29, 1.82) is 0 Å². The van der Waals surface area contributed by atoms with Crippen LogP contribution in [0.4, 0.5) is 4.79 Å². The Morgan fingerprint density at radius 2 is 1.68 bits per heavy atom. The van der Waals surface area contributed by atoms with Crippen LogP contribution >= 0.6 is 0 Å². The first-order valence-electron chi connectivity index (χ1n) is 12.5. The smallest absolute Gasteiger partial charge is 0.318 e. The molecule has 2 amide bonds. The van der Waals surface area contributed by atoms with Gasteiger partial charge in [0, 0.05) is 13.1 Å². The van der Waals surface area contributed by atoms with Gasteiger partial charge < -0.3 is 9.80 Å². The number of carbonyl (C=O) groups excluding carboxylic acids is 1. The van der Waals surface area contributed by atoms with Crippen LogP contribution in [0, 0.1) is 0 Å². The molecule has 2 aromatic carbocycles. The maximum atomic E-state index is 14.1. The van der Waals surface area contributed by atoms with Crippen LogP contribution in [-0.4, -0.2) is 28.9 Å². The standard InChI is InChI=1S/C28H38N2O/c1-2-3-4-9-19-27-25-17-12-11-14-23(25)20-22-30(27)28(31)29-21-13-6-10-18-26(29)24-15-7-5-8-16-24/h5,7-8,11-12,14-17,26-27H,2-4,6,9-10,13,18-22H2,1H3. The molecule has 0 radical (unpaired) electrons. The first-order chi connectivity index (χ1) is 15.3. The zero-order valence-electron chi connectivity index (χ0n) is 19.1. The number of amides is 2. The third-order valence-corrected chi connectivity index (χ3v) is 7.17. The van der Waals surface area contributed by atoms with Crippen molar-refractivity contribution >= 4 is 6.03 Å². The van der Waals surface area contributed by atoms with Gasteiger partial charge >= 0.3 is 6.03 Å². The quantitative estimate of drug-likeness (QED) is 0.452. The summed E-state index contributed by atoms with van der Waals surface area (Å²) in [5, 5.41) is 0. The van der Waals surface area contributed by atoms with E-state index in [0.29, 0.717) is 0 Å². The monoisotopic (exact) mass is 418 g/mol. The molecule has 1 fully saturated rings. The highest BCUT2D eigenvalue weighted by Crippen LogP contribution is 2.37. The van der Waals surface area contributed by atoms with Gasteiger partial charge in [-0.2, -0.15) is 0 Å². The third-order valence-electron chi connectivity index (χ3n) is 7.17. The Morgan fingerprint density at radius 1 is 0.871 bits per heavy atom. The molecule has 31 heavy (non-hydrogen) atoms. The summed E-state index contributed by atoms with van der Waals surface area (Å²) in [6.07, 6.45) is 11.6. The second-order valence-corrected chi connectivity index (χ2v) is 9.26. The van der Waals surface area contributed by atoms with Crippen LogP contribution in [0.1, 0.15) is 93.5 Å². The van der Waals surface area contributed by atoms with E-state index in [4.69, 9.17) is 0 Å². The molecule has 3 heteroatoms. The maximum Gasteiger partial charge on any atom is 0.321 e. The summed E-state index contributed by atoms with van der Waals surface area (Å²) in [5.74, 6) is 0. The summed E-state index contributed by atoms with van der Waals surface area (Å²) in [6, 6.07) is 20.2. The molecule has 2 aliphatic heterocycles. The van der Waals surface area contributed by atoms with Crippen molar-refractivity contribution in [2.24, 2.45) is 0 Å². The van der Waals surface area contributed by atoms with E-state index in [1.165, 1.54) is 55.2 Å². The van der Waals surface area contributed by atoms with E-state index in [0.717, 1.165) is 38.8 Å². The van der Waals surface area contributed by atoms with E-state index >= 15 is 0 Å². The second-order valence-electron chi connectivity index (χ2n) is 9.26. The molecule has 4 rings (SSSR count). The predicted molar refractivity (Wildman–Crippen MR) is 128 cm³/mol. The van der Waals surface area contributed by atoms with Crippen molar-refractivity contribution in [3.05, 3.63) is 71.3 Å². The van der Waals surface area contributed by atoms with Crippen LogP contribution in [-0.2, 0) is 6.42 Å². The number of likely N-dealkylation sites (tertiary alicyclic amines) is 1. The molecule has 0 spiro atoms. The molecule has 2 aliphatic rings. The minimum absolute atomic E-state index is 0.203. The summed E-state index contributed by atoms with van der Waals surface area (Å²) in [4.78, 5) is 18.5. The van der Waals surface area contributed by atoms with E-state index < -0.39 is 0 Å². The van der Waals surface area contributed by atoms with E-state index in [1.54, 1.807) is 0 Å². The van der Waals surface area contributed by atoms with E-state index in [1.807, 2.05) is 0 Å². The number of hydrogen-bond acceptors (Lipinski definition) is 1. The van der Waals surface area contributed by atoms with Gasteiger partial charge in [0.05, 0.1) is 12.1 Å². The first kappa shape index (κ1) is 21.9. The number of nitrogens with zero attached hydrogens (tertiary/aromatic N) is 2. The number of carbonyl (C=O) groups is 1. The molecule has 1 saturated heterocycles. The first-order valence-corrected chi connectivity index (χ1v) is 12.5. The summed E-state index contributed by atoms with van der Waals surface area (Å²) in [6.45, 7) is 3.97. The highest BCUT2D eigenvalue weighted by atomic mass is 16.2. The van der Waals surface area contributed by atoms with Crippen molar-refractivity contribution in [3.63, 3.8) is 0 Å². The SMILES string of the molecule is CCCCCCC1c2ccccc2CCN1C(=O)N1CCCCCC1c1ccccc1. The third kappa shape index (κ3) is 5.14. The minimum Gasteiger partial charge on any atom is -0.318 e. The molecular formula is C28H38N2O. The summed E-state index contributed by atoms with van der Waals surface area (Å²) in [7, 11) is 0. The van der Waals surface area contributed by atoms with Gasteiger partial charge in [0.1, 0.15) is 0 Å². The molecule has 2 aromatic rings. The Hall–Kier alpha value is -2.29. The van der Waals surface area contributed by atoms with Crippen LogP contribution in [0.3, 0.4) is 0 Å². The van der Waals surface area contributed by atoms with Gasteiger partial charge in [-0.3, -0.25) is 0 Å². The number of hydrogen-bond donors (Lipinski definition) is 0. The van der Waals surface area contributed by atoms with Gasteiger partial charge in [0.25, 0.3) is 0 Å². The van der Waals surface area contributed by atoms with Crippen LogP contribution in [0.25, 0.3) is 0 Å². The zero-order valence-corrected chi connectivity index (χ0v) is 19.1. The number of unbranched alkanes of at least 4 members (excludes halogenated alkanes) is 3. The fourth-order valence-corrected chi connectivity index (χ4v) is 5.48. The molecule has 0 saturated carbocycles. The minimum atomic E-state index is 0.203. The van der Waals surface area contributed by atoms with Crippen LogP contribution in [0.2, 0.25) is 0 Å². The van der Waals surface area contributed by atoms with Crippen molar-refractivity contribution in [1.82, 2.24) is 9.80 Å². The Kier molecular flexibility index (Phi) is 7.66. The van der Waals surface area contributed by atoms with Crippen molar-refractivity contribution in [3.8, 4) is 0 Å². The average Bonchev–Trinajstić information content (AvgIpc) is 3.08. The highest BCUT2D eigenvalue weighted by Gasteiger charge is 2.36. The topological polar surface area (TPSA) is 23.6 Å². The molecule has 3 nitrogen and oxygen atoms in total. The molecular weight excluding hydrogens is 380 g/mol. The summed E-state index contributed by atoms with van der Waals surface area (Å²) >= 11 is 0. The molecule has 0 aliphatic carbocycles. The average molecular weight is 419 g/mol. The maximum absolute atomic E-state index is 14.1. The Bertz CT molecular complexity index is 834. The summed E-state index contributed by atoms with van der Waals surface area (Å²) in [5.41, 5.74) is 4.10. The van der Waals surface area contributed by atoms with Gasteiger partial charge in [-0.05, 0) is 42.4 Å². The lowest BCUT2D eigenvalue weighted by Gasteiger charge is -2.42. The van der Waals surface area contributed by atoms with Gasteiger partial charge in [0.2, 0.25) is 0 Å². The fourth-order valence-electron chi connectivity index (χ4n) is 5.48.